The molecule has 1 aliphatic rings. The van der Waals surface area contributed by atoms with Crippen LogP contribution < -0.4 is 14.2 Å². The van der Waals surface area contributed by atoms with Gasteiger partial charge in [0, 0.05) is 25.0 Å². The van der Waals surface area contributed by atoms with Gasteiger partial charge in [0.2, 0.25) is 5.91 Å². The molecule has 2 aromatic carbocycles. The second-order valence-electron chi connectivity index (χ2n) is 8.37. The number of carbonyl (C=O) groups excluding carboxylic acids is 1. The second kappa shape index (κ2) is 10.9. The molecule has 0 fully saturated rings. The molecule has 0 saturated carbocycles. The maximum Gasteiger partial charge on any atom is 0.236 e. The molecule has 2 heterocycles. The van der Waals surface area contributed by atoms with Gasteiger partial charge in [-0.15, -0.1) is 11.3 Å². The van der Waals surface area contributed by atoms with Crippen molar-refractivity contribution >= 4 is 17.2 Å². The lowest BCUT2D eigenvalue weighted by Gasteiger charge is -2.37. The lowest BCUT2D eigenvalue weighted by molar-refractivity contribution is -0.132. The Morgan fingerprint density at radius 2 is 1.85 bits per heavy atom. The van der Waals surface area contributed by atoms with Gasteiger partial charge in [0.15, 0.2) is 11.5 Å². The van der Waals surface area contributed by atoms with Crippen molar-refractivity contribution in [2.45, 2.75) is 25.9 Å². The summed E-state index contributed by atoms with van der Waals surface area (Å²) in [6, 6.07) is 16.3. The highest BCUT2D eigenvalue weighted by Crippen LogP contribution is 2.42. The second-order valence-corrected chi connectivity index (χ2v) is 9.35. The van der Waals surface area contributed by atoms with Crippen LogP contribution >= 0.6 is 11.3 Å². The molecule has 4 rings (SSSR count). The van der Waals surface area contributed by atoms with Crippen LogP contribution in [-0.4, -0.2) is 56.7 Å². The van der Waals surface area contributed by atoms with Crippen LogP contribution in [-0.2, 0) is 17.8 Å². The van der Waals surface area contributed by atoms with Crippen molar-refractivity contribution in [2.24, 2.45) is 0 Å². The zero-order valence-electron chi connectivity index (χ0n) is 20.2. The van der Waals surface area contributed by atoms with E-state index in [0.717, 1.165) is 30.0 Å². The van der Waals surface area contributed by atoms with Crippen LogP contribution in [0.4, 0.5) is 0 Å². The molecule has 34 heavy (non-hydrogen) atoms. The van der Waals surface area contributed by atoms with Gasteiger partial charge in [0.05, 0.1) is 33.4 Å². The van der Waals surface area contributed by atoms with Crippen molar-refractivity contribution in [1.82, 2.24) is 9.80 Å². The van der Waals surface area contributed by atoms with E-state index in [4.69, 9.17) is 14.2 Å². The zero-order chi connectivity index (χ0) is 24.1. The summed E-state index contributed by atoms with van der Waals surface area (Å²) < 4.78 is 16.6. The molecule has 1 unspecified atom stereocenters. The van der Waals surface area contributed by atoms with Crippen LogP contribution in [0.15, 0.2) is 53.9 Å². The Morgan fingerprint density at radius 1 is 1.12 bits per heavy atom. The van der Waals surface area contributed by atoms with Crippen LogP contribution in [0.2, 0.25) is 0 Å². The van der Waals surface area contributed by atoms with Crippen LogP contribution in [0, 0.1) is 0 Å². The SMILES string of the molecule is CCOc1ccc(CN(C)C(=O)CN2CCc3cc(OC)c(OC)cc3C2c2cccs2)cc1. The number of likely N-dealkylation sites (N-methyl/N-ethyl adjacent to an activating group) is 1. The molecule has 1 atom stereocenters. The Labute approximate surface area is 205 Å². The number of nitrogens with zero attached hydrogens (tertiary/aromatic N) is 2. The quantitative estimate of drug-likeness (QED) is 0.442. The molecule has 1 aromatic heterocycles. The number of carbonyl (C=O) groups is 1. The summed E-state index contributed by atoms with van der Waals surface area (Å²) in [4.78, 5) is 18.5. The topological polar surface area (TPSA) is 51.2 Å². The number of methoxy groups -OCH3 is 2. The lowest BCUT2D eigenvalue weighted by atomic mass is 9.91. The summed E-state index contributed by atoms with van der Waals surface area (Å²) >= 11 is 1.71. The standard InChI is InChI=1S/C27H32N2O4S/c1-5-33-21-10-8-19(9-11-21)17-28(2)26(30)18-29-13-12-20-15-23(31-3)24(32-4)16-22(20)27(29)25-7-6-14-34-25/h6-11,14-16,27H,5,12-13,17-18H2,1-4H3. The first-order chi connectivity index (χ1) is 16.5. The van der Waals surface area contributed by atoms with Crippen molar-refractivity contribution in [3.63, 3.8) is 0 Å². The van der Waals surface area contributed by atoms with Crippen LogP contribution in [0.1, 0.15) is 34.5 Å². The van der Waals surface area contributed by atoms with E-state index in [9.17, 15) is 4.79 Å². The van der Waals surface area contributed by atoms with E-state index in [1.807, 2.05) is 38.2 Å². The van der Waals surface area contributed by atoms with Gasteiger partial charge in [0.1, 0.15) is 5.75 Å². The first-order valence-electron chi connectivity index (χ1n) is 11.5. The minimum Gasteiger partial charge on any atom is -0.494 e. The van der Waals surface area contributed by atoms with Crippen LogP contribution in [0.3, 0.4) is 0 Å². The third-order valence-corrected chi connectivity index (χ3v) is 7.13. The molecule has 180 valence electrons. The monoisotopic (exact) mass is 480 g/mol. The Hall–Kier alpha value is -3.03. The molecule has 0 bridgehead atoms. The van der Waals surface area contributed by atoms with E-state index in [-0.39, 0.29) is 11.9 Å². The Morgan fingerprint density at radius 3 is 2.50 bits per heavy atom. The summed E-state index contributed by atoms with van der Waals surface area (Å²) in [6.07, 6.45) is 0.855. The van der Waals surface area contributed by atoms with Gasteiger partial charge >= 0.3 is 0 Å². The molecule has 0 radical (unpaired) electrons. The van der Waals surface area contributed by atoms with Gasteiger partial charge in [-0.25, -0.2) is 0 Å². The maximum absolute atomic E-state index is 13.3. The molecule has 0 spiro atoms. The average Bonchev–Trinajstić information content (AvgIpc) is 3.38. The van der Waals surface area contributed by atoms with E-state index in [2.05, 4.69) is 34.5 Å². The summed E-state index contributed by atoms with van der Waals surface area (Å²) in [7, 11) is 5.18. The fourth-order valence-corrected chi connectivity index (χ4v) is 5.34. The summed E-state index contributed by atoms with van der Waals surface area (Å²) in [5.41, 5.74) is 3.49. The Kier molecular flexibility index (Phi) is 7.75. The van der Waals surface area contributed by atoms with Gasteiger partial charge in [0.25, 0.3) is 0 Å². The maximum atomic E-state index is 13.3. The Balaban J connectivity index is 1.53. The van der Waals surface area contributed by atoms with Gasteiger partial charge in [-0.1, -0.05) is 18.2 Å². The number of hydrogen-bond acceptors (Lipinski definition) is 6. The van der Waals surface area contributed by atoms with Crippen molar-refractivity contribution in [3.8, 4) is 17.2 Å². The molecule has 6 nitrogen and oxygen atoms in total. The lowest BCUT2D eigenvalue weighted by Crippen LogP contribution is -2.43. The summed E-state index contributed by atoms with van der Waals surface area (Å²) in [5.74, 6) is 2.40. The van der Waals surface area contributed by atoms with Crippen molar-refractivity contribution in [1.29, 1.82) is 0 Å². The van der Waals surface area contributed by atoms with E-state index in [0.29, 0.717) is 25.4 Å². The molecule has 3 aromatic rings. The molecular weight excluding hydrogens is 448 g/mol. The highest BCUT2D eigenvalue weighted by molar-refractivity contribution is 7.10. The molecule has 0 saturated heterocycles. The van der Waals surface area contributed by atoms with Gasteiger partial charge in [-0.05, 0) is 65.7 Å². The van der Waals surface area contributed by atoms with Crippen molar-refractivity contribution in [2.75, 3.05) is 41.0 Å². The smallest absolute Gasteiger partial charge is 0.236 e. The van der Waals surface area contributed by atoms with Crippen LogP contribution in [0.5, 0.6) is 17.2 Å². The van der Waals surface area contributed by atoms with Gasteiger partial charge < -0.3 is 19.1 Å². The number of fused-ring (bicyclic) bond motifs is 1. The largest absolute Gasteiger partial charge is 0.494 e. The molecule has 0 aliphatic carbocycles. The fourth-order valence-electron chi connectivity index (χ4n) is 4.46. The zero-order valence-corrected chi connectivity index (χ0v) is 21.1. The van der Waals surface area contributed by atoms with E-state index < -0.39 is 0 Å². The predicted octanol–water partition coefficient (Wildman–Crippen LogP) is 4.77. The first-order valence-corrected chi connectivity index (χ1v) is 12.4. The van der Waals surface area contributed by atoms with Crippen molar-refractivity contribution < 1.29 is 19.0 Å². The van der Waals surface area contributed by atoms with E-state index in [1.165, 1.54) is 16.0 Å². The highest BCUT2D eigenvalue weighted by atomic mass is 32.1. The molecule has 7 heteroatoms. The minimum atomic E-state index is 0.00591. The molecule has 1 amide bonds. The number of thiophene rings is 1. The third kappa shape index (κ3) is 5.21. The van der Waals surface area contributed by atoms with Gasteiger partial charge in [-0.2, -0.15) is 0 Å². The minimum absolute atomic E-state index is 0.00591. The number of ether oxygens (including phenoxy) is 3. The third-order valence-electron chi connectivity index (χ3n) is 6.20. The normalized spacial score (nSPS) is 15.5. The number of hydrogen-bond donors (Lipinski definition) is 0. The molecular formula is C27H32N2O4S. The van der Waals surface area contributed by atoms with E-state index in [1.54, 1.807) is 30.5 Å². The predicted molar refractivity (Wildman–Crippen MR) is 135 cm³/mol. The molecule has 0 N–H and O–H groups in total. The van der Waals surface area contributed by atoms with Crippen molar-refractivity contribution in [3.05, 3.63) is 75.5 Å². The van der Waals surface area contributed by atoms with Crippen LogP contribution in [0.25, 0.3) is 0 Å². The van der Waals surface area contributed by atoms with Gasteiger partial charge in [-0.3, -0.25) is 9.69 Å². The summed E-state index contributed by atoms with van der Waals surface area (Å²) in [5, 5.41) is 2.09. The fraction of sp³-hybridized carbons (Fsp3) is 0.370. The number of rotatable bonds is 9. The number of benzene rings is 2. The highest BCUT2D eigenvalue weighted by Gasteiger charge is 2.32. The molecule has 1 aliphatic heterocycles. The first kappa shape index (κ1) is 24.1. The van der Waals surface area contributed by atoms with E-state index >= 15 is 0 Å². The summed E-state index contributed by atoms with van der Waals surface area (Å²) in [6.45, 7) is 4.32. The Bertz CT molecular complexity index is 1100. The average molecular weight is 481 g/mol. The number of amides is 1.